The lowest BCUT2D eigenvalue weighted by molar-refractivity contribution is -0.116. The smallest absolute Gasteiger partial charge is 0.227 e. The minimum Gasteiger partial charge on any atom is -0.497 e. The van der Waals surface area contributed by atoms with Crippen molar-refractivity contribution < 1.29 is 9.53 Å². The fourth-order valence-corrected chi connectivity index (χ4v) is 2.44. The van der Waals surface area contributed by atoms with Crippen molar-refractivity contribution in [2.75, 3.05) is 17.7 Å². The molecule has 3 rings (SSSR count). The third-order valence-electron chi connectivity index (χ3n) is 3.77. The molecule has 0 saturated carbocycles. The highest BCUT2D eigenvalue weighted by Gasteiger charge is 2.05. The minimum atomic E-state index is -0.0279. The maximum absolute atomic E-state index is 12.1. The summed E-state index contributed by atoms with van der Waals surface area (Å²) in [6.45, 7) is 0. The molecule has 0 aliphatic carbocycles. The number of nitrogens with one attached hydrogen (secondary N) is 2. The van der Waals surface area contributed by atoms with Crippen LogP contribution in [0, 0.1) is 0 Å². The number of anilines is 3. The zero-order chi connectivity index (χ0) is 18.2. The summed E-state index contributed by atoms with van der Waals surface area (Å²) in [5.41, 5.74) is 2.67. The first-order valence-corrected chi connectivity index (χ1v) is 8.30. The SMILES string of the molecule is COc1cccc(CCC(=O)Nc2ccc(Nc3ncccn3)cc2)c1. The normalized spacial score (nSPS) is 10.2. The number of methoxy groups -OCH3 is 1. The van der Waals surface area contributed by atoms with E-state index in [9.17, 15) is 4.79 Å². The highest BCUT2D eigenvalue weighted by Crippen LogP contribution is 2.17. The number of nitrogens with zero attached hydrogens (tertiary/aromatic N) is 2. The van der Waals surface area contributed by atoms with Gasteiger partial charge in [-0.05, 0) is 54.4 Å². The van der Waals surface area contributed by atoms with Gasteiger partial charge in [0.05, 0.1) is 7.11 Å². The topological polar surface area (TPSA) is 76.1 Å². The van der Waals surface area contributed by atoms with E-state index in [2.05, 4.69) is 20.6 Å². The lowest BCUT2D eigenvalue weighted by Gasteiger charge is -2.08. The molecule has 6 heteroatoms. The number of hydrogen-bond donors (Lipinski definition) is 2. The Bertz CT molecular complexity index is 851. The van der Waals surface area contributed by atoms with E-state index in [1.165, 1.54) is 0 Å². The van der Waals surface area contributed by atoms with Gasteiger partial charge in [0.2, 0.25) is 11.9 Å². The van der Waals surface area contributed by atoms with Gasteiger partial charge in [-0.25, -0.2) is 9.97 Å². The molecule has 2 aromatic carbocycles. The maximum Gasteiger partial charge on any atom is 0.227 e. The number of ether oxygens (including phenoxy) is 1. The van der Waals surface area contributed by atoms with E-state index in [4.69, 9.17) is 4.74 Å². The van der Waals surface area contributed by atoms with Gasteiger partial charge in [0, 0.05) is 30.2 Å². The first kappa shape index (κ1) is 17.4. The second-order valence-electron chi connectivity index (χ2n) is 5.67. The highest BCUT2D eigenvalue weighted by atomic mass is 16.5. The summed E-state index contributed by atoms with van der Waals surface area (Å²) in [7, 11) is 1.63. The van der Waals surface area contributed by atoms with Crippen LogP contribution < -0.4 is 15.4 Å². The Morgan fingerprint density at radius 2 is 1.73 bits per heavy atom. The second-order valence-corrected chi connectivity index (χ2v) is 5.67. The molecule has 1 amide bonds. The molecule has 0 fully saturated rings. The van der Waals surface area contributed by atoms with Gasteiger partial charge in [-0.1, -0.05) is 12.1 Å². The molecule has 0 unspecified atom stereocenters. The molecule has 0 bridgehead atoms. The number of hydrogen-bond acceptors (Lipinski definition) is 5. The van der Waals surface area contributed by atoms with Gasteiger partial charge in [-0.15, -0.1) is 0 Å². The fourth-order valence-electron chi connectivity index (χ4n) is 2.44. The molecule has 0 atom stereocenters. The van der Waals surface area contributed by atoms with E-state index in [1.54, 1.807) is 25.6 Å². The molecule has 6 nitrogen and oxygen atoms in total. The van der Waals surface area contributed by atoms with Crippen LogP contribution in [0.25, 0.3) is 0 Å². The van der Waals surface area contributed by atoms with Gasteiger partial charge in [0.25, 0.3) is 0 Å². The van der Waals surface area contributed by atoms with Crippen molar-refractivity contribution in [3.63, 3.8) is 0 Å². The summed E-state index contributed by atoms with van der Waals surface area (Å²) in [5.74, 6) is 1.30. The Kier molecular flexibility index (Phi) is 5.77. The van der Waals surface area contributed by atoms with Crippen LogP contribution in [-0.2, 0) is 11.2 Å². The molecule has 0 aliphatic rings. The van der Waals surface area contributed by atoms with Crippen molar-refractivity contribution in [1.29, 1.82) is 0 Å². The first-order chi connectivity index (χ1) is 12.7. The van der Waals surface area contributed by atoms with Crippen LogP contribution in [0.4, 0.5) is 17.3 Å². The van der Waals surface area contributed by atoms with Crippen LogP contribution in [0.3, 0.4) is 0 Å². The Balaban J connectivity index is 1.51. The van der Waals surface area contributed by atoms with Crippen LogP contribution in [0.1, 0.15) is 12.0 Å². The average molecular weight is 348 g/mol. The molecular formula is C20H20N4O2. The van der Waals surface area contributed by atoms with Gasteiger partial charge in [0.15, 0.2) is 0 Å². The van der Waals surface area contributed by atoms with Crippen LogP contribution in [-0.4, -0.2) is 23.0 Å². The van der Waals surface area contributed by atoms with Crippen molar-refractivity contribution in [1.82, 2.24) is 9.97 Å². The molecule has 1 aromatic heterocycles. The van der Waals surface area contributed by atoms with Crippen LogP contribution in [0.15, 0.2) is 67.0 Å². The summed E-state index contributed by atoms with van der Waals surface area (Å²) in [6, 6.07) is 16.9. The van der Waals surface area contributed by atoms with Crippen molar-refractivity contribution in [2.24, 2.45) is 0 Å². The molecule has 0 radical (unpaired) electrons. The second kappa shape index (κ2) is 8.62. The molecular weight excluding hydrogens is 328 g/mol. The first-order valence-electron chi connectivity index (χ1n) is 8.30. The number of aromatic nitrogens is 2. The molecule has 26 heavy (non-hydrogen) atoms. The van der Waals surface area contributed by atoms with E-state index < -0.39 is 0 Å². The van der Waals surface area contributed by atoms with Crippen molar-refractivity contribution >= 4 is 23.2 Å². The number of amides is 1. The largest absolute Gasteiger partial charge is 0.497 e. The number of carbonyl (C=O) groups excluding carboxylic acids is 1. The van der Waals surface area contributed by atoms with Crippen molar-refractivity contribution in [2.45, 2.75) is 12.8 Å². The molecule has 132 valence electrons. The molecule has 2 N–H and O–H groups in total. The van der Waals surface area contributed by atoms with Gasteiger partial charge in [-0.2, -0.15) is 0 Å². The molecule has 0 aliphatic heterocycles. The van der Waals surface area contributed by atoms with E-state index >= 15 is 0 Å². The van der Waals surface area contributed by atoms with Crippen molar-refractivity contribution in [3.8, 4) is 5.75 Å². The lowest BCUT2D eigenvalue weighted by Crippen LogP contribution is -2.12. The summed E-state index contributed by atoms with van der Waals surface area (Å²) in [5, 5.41) is 6.00. The van der Waals surface area contributed by atoms with Gasteiger partial charge < -0.3 is 15.4 Å². The summed E-state index contributed by atoms with van der Waals surface area (Å²) in [6.07, 6.45) is 4.41. The monoisotopic (exact) mass is 348 g/mol. The summed E-state index contributed by atoms with van der Waals surface area (Å²) in [4.78, 5) is 20.4. The van der Waals surface area contributed by atoms with E-state index in [0.717, 1.165) is 22.7 Å². The Hall–Kier alpha value is -3.41. The van der Waals surface area contributed by atoms with Gasteiger partial charge in [-0.3, -0.25) is 4.79 Å². The standard InChI is InChI=1S/C20H20N4O2/c1-26-18-5-2-4-15(14-18)6-11-19(25)23-16-7-9-17(10-8-16)24-20-21-12-3-13-22-20/h2-5,7-10,12-14H,6,11H2,1H3,(H,23,25)(H,21,22,24). The quantitative estimate of drug-likeness (QED) is 0.679. The predicted octanol–water partition coefficient (Wildman–Crippen LogP) is 3.80. The van der Waals surface area contributed by atoms with Gasteiger partial charge >= 0.3 is 0 Å². The fraction of sp³-hybridized carbons (Fsp3) is 0.150. The van der Waals surface area contributed by atoms with Crippen LogP contribution >= 0.6 is 0 Å². The molecule has 3 aromatic rings. The zero-order valence-electron chi connectivity index (χ0n) is 14.5. The van der Waals surface area contributed by atoms with E-state index in [1.807, 2.05) is 48.5 Å². The van der Waals surface area contributed by atoms with Crippen LogP contribution in [0.5, 0.6) is 5.75 Å². The Morgan fingerprint density at radius 1 is 1.00 bits per heavy atom. The van der Waals surface area contributed by atoms with Gasteiger partial charge in [0.1, 0.15) is 5.75 Å². The number of aryl methyl sites for hydroxylation is 1. The Labute approximate surface area is 152 Å². The number of benzene rings is 2. The molecule has 1 heterocycles. The van der Waals surface area contributed by atoms with Crippen molar-refractivity contribution in [3.05, 3.63) is 72.6 Å². The predicted molar refractivity (Wildman–Crippen MR) is 102 cm³/mol. The number of carbonyl (C=O) groups is 1. The third-order valence-corrected chi connectivity index (χ3v) is 3.77. The minimum absolute atomic E-state index is 0.0279. The zero-order valence-corrected chi connectivity index (χ0v) is 14.5. The molecule has 0 saturated heterocycles. The Morgan fingerprint density at radius 3 is 2.46 bits per heavy atom. The van der Waals surface area contributed by atoms with E-state index in [0.29, 0.717) is 18.8 Å². The average Bonchev–Trinajstić information content (AvgIpc) is 2.69. The van der Waals surface area contributed by atoms with Crippen LogP contribution in [0.2, 0.25) is 0 Å². The maximum atomic E-state index is 12.1. The molecule has 0 spiro atoms. The summed E-state index contributed by atoms with van der Waals surface area (Å²) < 4.78 is 5.20. The number of rotatable bonds is 7. The third kappa shape index (κ3) is 5.04. The summed E-state index contributed by atoms with van der Waals surface area (Å²) >= 11 is 0. The lowest BCUT2D eigenvalue weighted by atomic mass is 10.1. The van der Waals surface area contributed by atoms with E-state index in [-0.39, 0.29) is 5.91 Å². The highest BCUT2D eigenvalue weighted by molar-refractivity contribution is 5.91.